The van der Waals surface area contributed by atoms with E-state index >= 15 is 0 Å². The van der Waals surface area contributed by atoms with E-state index in [1.54, 1.807) is 0 Å². The lowest BCUT2D eigenvalue weighted by Crippen LogP contribution is -2.63. The van der Waals surface area contributed by atoms with E-state index in [2.05, 4.69) is 24.1 Å². The summed E-state index contributed by atoms with van der Waals surface area (Å²) in [7, 11) is 1.46. The number of methoxy groups -OCH3 is 1. The molecule has 0 aromatic rings. The Morgan fingerprint density at radius 1 is 1.39 bits per heavy atom. The van der Waals surface area contributed by atoms with Crippen LogP contribution in [0.5, 0.6) is 0 Å². The van der Waals surface area contributed by atoms with E-state index in [0.29, 0.717) is 6.42 Å². The van der Waals surface area contributed by atoms with Crippen molar-refractivity contribution in [2.24, 2.45) is 0 Å². The molecule has 1 unspecified atom stereocenters. The average Bonchev–Trinajstić information content (AvgIpc) is 2.80. The number of nitrogens with one attached hydrogen (secondary N) is 1. The fraction of sp³-hybridized carbons (Fsp3) is 0.929. The van der Waals surface area contributed by atoms with Crippen LogP contribution < -0.4 is 5.32 Å². The van der Waals surface area contributed by atoms with Crippen LogP contribution in [0.3, 0.4) is 0 Å². The molecule has 0 spiro atoms. The van der Waals surface area contributed by atoms with Crippen LogP contribution in [-0.2, 0) is 9.53 Å². The minimum Gasteiger partial charge on any atom is -0.469 e. The molecule has 2 aliphatic rings. The summed E-state index contributed by atoms with van der Waals surface area (Å²) >= 11 is 0. The predicted octanol–water partition coefficient (Wildman–Crippen LogP) is 1.54. The normalized spacial score (nSPS) is 29.4. The van der Waals surface area contributed by atoms with Crippen molar-refractivity contribution >= 4 is 5.97 Å². The number of hydrogen-bond donors (Lipinski definition) is 1. The van der Waals surface area contributed by atoms with Gasteiger partial charge in [0.15, 0.2) is 0 Å². The Labute approximate surface area is 110 Å². The van der Waals surface area contributed by atoms with Crippen LogP contribution in [0.4, 0.5) is 0 Å². The monoisotopic (exact) mass is 254 g/mol. The van der Waals surface area contributed by atoms with Gasteiger partial charge in [-0.25, -0.2) is 0 Å². The zero-order chi connectivity index (χ0) is 13.2. The Kier molecular flexibility index (Phi) is 4.28. The van der Waals surface area contributed by atoms with Gasteiger partial charge in [-0.05, 0) is 26.7 Å². The van der Waals surface area contributed by atoms with Crippen LogP contribution in [0.25, 0.3) is 0 Å². The maximum atomic E-state index is 11.4. The maximum Gasteiger partial charge on any atom is 0.307 e. The molecule has 4 heteroatoms. The number of carbonyl (C=O) groups excluding carboxylic acids is 1. The summed E-state index contributed by atoms with van der Waals surface area (Å²) in [5.41, 5.74) is 0.0829. The van der Waals surface area contributed by atoms with Gasteiger partial charge in [0.25, 0.3) is 0 Å². The Hall–Kier alpha value is -0.610. The van der Waals surface area contributed by atoms with E-state index < -0.39 is 0 Å². The quantitative estimate of drug-likeness (QED) is 0.776. The van der Waals surface area contributed by atoms with E-state index in [0.717, 1.165) is 19.1 Å². The lowest BCUT2D eigenvalue weighted by molar-refractivity contribution is -0.141. The Morgan fingerprint density at radius 2 is 2.06 bits per heavy atom. The van der Waals surface area contributed by atoms with Crippen LogP contribution in [0.1, 0.15) is 46.0 Å². The molecular formula is C14H26N2O2. The van der Waals surface area contributed by atoms with Gasteiger partial charge in [0.2, 0.25) is 0 Å². The molecule has 4 nitrogen and oxygen atoms in total. The second kappa shape index (κ2) is 5.57. The van der Waals surface area contributed by atoms with E-state index in [1.165, 1.54) is 32.8 Å². The van der Waals surface area contributed by atoms with Crippen LogP contribution >= 0.6 is 0 Å². The third-order valence-electron chi connectivity index (χ3n) is 4.13. The molecule has 1 aliphatic carbocycles. The first-order valence-corrected chi connectivity index (χ1v) is 7.09. The largest absolute Gasteiger partial charge is 0.469 e. The highest BCUT2D eigenvalue weighted by Crippen LogP contribution is 2.27. The fourth-order valence-electron chi connectivity index (χ4n) is 3.45. The summed E-state index contributed by atoms with van der Waals surface area (Å²) in [6.07, 6.45) is 5.83. The van der Waals surface area contributed by atoms with Gasteiger partial charge in [-0.1, -0.05) is 12.8 Å². The number of carbonyl (C=O) groups is 1. The van der Waals surface area contributed by atoms with E-state index in [4.69, 9.17) is 4.74 Å². The minimum absolute atomic E-state index is 0.0829. The summed E-state index contributed by atoms with van der Waals surface area (Å²) in [4.78, 5) is 14.0. The molecule has 1 saturated carbocycles. The number of rotatable bonds is 3. The predicted molar refractivity (Wildman–Crippen MR) is 71.5 cm³/mol. The summed E-state index contributed by atoms with van der Waals surface area (Å²) in [6, 6.07) is 0.952. The molecule has 0 radical (unpaired) electrons. The van der Waals surface area contributed by atoms with Gasteiger partial charge < -0.3 is 10.1 Å². The SMILES string of the molecule is COC(=O)CC1CN(C2CCCC2)CC(C)(C)N1. The number of nitrogens with zero attached hydrogens (tertiary/aromatic N) is 1. The second-order valence-corrected chi connectivity index (χ2v) is 6.37. The zero-order valence-electron chi connectivity index (χ0n) is 11.9. The van der Waals surface area contributed by atoms with Crippen molar-refractivity contribution in [3.8, 4) is 0 Å². The van der Waals surface area contributed by atoms with Crippen LogP contribution in [0, 0.1) is 0 Å². The molecule has 0 amide bonds. The smallest absolute Gasteiger partial charge is 0.307 e. The molecule has 0 aromatic heterocycles. The molecule has 1 saturated heterocycles. The van der Waals surface area contributed by atoms with Gasteiger partial charge in [0.1, 0.15) is 0 Å². The zero-order valence-corrected chi connectivity index (χ0v) is 11.9. The van der Waals surface area contributed by atoms with Gasteiger partial charge in [-0.3, -0.25) is 9.69 Å². The van der Waals surface area contributed by atoms with Crippen LogP contribution in [0.2, 0.25) is 0 Å². The van der Waals surface area contributed by atoms with Crippen molar-refractivity contribution in [1.82, 2.24) is 10.2 Å². The standard InChI is InChI=1S/C14H26N2O2/c1-14(2)10-16(12-6-4-5-7-12)9-11(15-14)8-13(17)18-3/h11-12,15H,4-10H2,1-3H3. The van der Waals surface area contributed by atoms with Crippen molar-refractivity contribution in [2.75, 3.05) is 20.2 Å². The molecule has 0 aromatic carbocycles. The number of hydrogen-bond acceptors (Lipinski definition) is 4. The molecule has 18 heavy (non-hydrogen) atoms. The third-order valence-corrected chi connectivity index (χ3v) is 4.13. The van der Waals surface area contributed by atoms with Crippen LogP contribution in [0.15, 0.2) is 0 Å². The maximum absolute atomic E-state index is 11.4. The molecule has 1 N–H and O–H groups in total. The molecule has 0 bridgehead atoms. The molecule has 2 rings (SSSR count). The highest BCUT2D eigenvalue weighted by Gasteiger charge is 2.36. The van der Waals surface area contributed by atoms with Crippen molar-refractivity contribution in [3.05, 3.63) is 0 Å². The lowest BCUT2D eigenvalue weighted by Gasteiger charge is -2.46. The molecule has 2 fully saturated rings. The number of ether oxygens (including phenoxy) is 1. The second-order valence-electron chi connectivity index (χ2n) is 6.37. The average molecular weight is 254 g/mol. The Morgan fingerprint density at radius 3 is 2.67 bits per heavy atom. The third kappa shape index (κ3) is 3.45. The number of esters is 1. The highest BCUT2D eigenvalue weighted by molar-refractivity contribution is 5.70. The van der Waals surface area contributed by atoms with Gasteiger partial charge in [0.05, 0.1) is 13.5 Å². The van der Waals surface area contributed by atoms with Gasteiger partial charge in [-0.2, -0.15) is 0 Å². The van der Waals surface area contributed by atoms with Crippen molar-refractivity contribution in [1.29, 1.82) is 0 Å². The molecule has 104 valence electrons. The summed E-state index contributed by atoms with van der Waals surface area (Å²) in [6.45, 7) is 6.50. The van der Waals surface area contributed by atoms with Crippen LogP contribution in [-0.4, -0.2) is 48.7 Å². The fourth-order valence-corrected chi connectivity index (χ4v) is 3.45. The lowest BCUT2D eigenvalue weighted by atomic mass is 9.95. The van der Waals surface area contributed by atoms with Crippen molar-refractivity contribution in [2.45, 2.75) is 63.6 Å². The van der Waals surface area contributed by atoms with Crippen molar-refractivity contribution < 1.29 is 9.53 Å². The molecule has 1 atom stereocenters. The first-order chi connectivity index (χ1) is 8.50. The van der Waals surface area contributed by atoms with Gasteiger partial charge in [0, 0.05) is 30.7 Å². The number of piperazine rings is 1. The summed E-state index contributed by atoms with van der Waals surface area (Å²) in [5, 5.41) is 3.57. The van der Waals surface area contributed by atoms with E-state index in [-0.39, 0.29) is 17.6 Å². The first-order valence-electron chi connectivity index (χ1n) is 7.09. The summed E-state index contributed by atoms with van der Waals surface area (Å²) < 4.78 is 4.78. The van der Waals surface area contributed by atoms with Gasteiger partial charge in [-0.15, -0.1) is 0 Å². The Balaban J connectivity index is 1.97. The minimum atomic E-state index is -0.114. The van der Waals surface area contributed by atoms with E-state index in [9.17, 15) is 4.79 Å². The summed E-state index contributed by atoms with van der Waals surface area (Å²) in [5.74, 6) is -0.114. The topological polar surface area (TPSA) is 41.6 Å². The first kappa shape index (κ1) is 13.8. The molecule has 1 aliphatic heterocycles. The molecule has 1 heterocycles. The Bertz CT molecular complexity index is 298. The van der Waals surface area contributed by atoms with Crippen molar-refractivity contribution in [3.63, 3.8) is 0 Å². The highest BCUT2D eigenvalue weighted by atomic mass is 16.5. The van der Waals surface area contributed by atoms with E-state index in [1.807, 2.05) is 0 Å². The molecular weight excluding hydrogens is 228 g/mol. The van der Waals surface area contributed by atoms with Gasteiger partial charge >= 0.3 is 5.97 Å².